The van der Waals surface area contributed by atoms with Crippen molar-refractivity contribution in [2.45, 2.75) is 58.7 Å². The third-order valence-electron chi connectivity index (χ3n) is 6.98. The predicted octanol–water partition coefficient (Wildman–Crippen LogP) is 4.27. The molecule has 28 heavy (non-hydrogen) atoms. The van der Waals surface area contributed by atoms with Crippen molar-refractivity contribution in [3.05, 3.63) is 42.0 Å². The van der Waals surface area contributed by atoms with Gasteiger partial charge in [0.25, 0.3) is 0 Å². The van der Waals surface area contributed by atoms with Crippen LogP contribution in [0.3, 0.4) is 0 Å². The highest BCUT2D eigenvalue weighted by Crippen LogP contribution is 2.55. The van der Waals surface area contributed by atoms with E-state index >= 15 is 0 Å². The molecule has 0 bridgehead atoms. The lowest BCUT2D eigenvalue weighted by molar-refractivity contribution is -0.181. The summed E-state index contributed by atoms with van der Waals surface area (Å²) in [7, 11) is 0. The Labute approximate surface area is 168 Å². The maximum absolute atomic E-state index is 12.6. The number of aliphatic hydroxyl groups is 1. The highest BCUT2D eigenvalue weighted by atomic mass is 16.5. The first-order valence-electron chi connectivity index (χ1n) is 10.4. The normalized spacial score (nSPS) is 35.5. The van der Waals surface area contributed by atoms with Gasteiger partial charge in [-0.05, 0) is 54.6 Å². The van der Waals surface area contributed by atoms with Crippen LogP contribution < -0.4 is 0 Å². The summed E-state index contributed by atoms with van der Waals surface area (Å²) >= 11 is 0. The van der Waals surface area contributed by atoms with Crippen molar-refractivity contribution in [2.75, 3.05) is 0 Å². The number of hydrogen-bond acceptors (Lipinski definition) is 4. The average Bonchev–Trinajstić information content (AvgIpc) is 2.68. The van der Waals surface area contributed by atoms with Crippen molar-refractivity contribution >= 4 is 18.3 Å². The Bertz CT molecular complexity index is 711. The second kappa shape index (κ2) is 8.60. The van der Waals surface area contributed by atoms with Gasteiger partial charge in [0.05, 0.1) is 6.10 Å². The number of rotatable bonds is 5. The van der Waals surface area contributed by atoms with Crippen molar-refractivity contribution in [1.82, 2.24) is 0 Å². The van der Waals surface area contributed by atoms with Crippen molar-refractivity contribution < 1.29 is 19.4 Å². The zero-order chi connectivity index (χ0) is 20.3. The number of benzene rings is 1. The number of carbonyl (C=O) groups is 2. The summed E-state index contributed by atoms with van der Waals surface area (Å²) in [4.78, 5) is 24.5. The second-order valence-corrected chi connectivity index (χ2v) is 9.09. The first-order chi connectivity index (χ1) is 13.4. The Morgan fingerprint density at radius 3 is 2.54 bits per heavy atom. The van der Waals surface area contributed by atoms with Gasteiger partial charge >= 0.3 is 5.97 Å². The molecule has 2 aliphatic carbocycles. The van der Waals surface area contributed by atoms with E-state index < -0.39 is 12.0 Å². The number of carbonyl (C=O) groups excluding carboxylic acids is 2. The van der Waals surface area contributed by atoms with Gasteiger partial charge in [0.1, 0.15) is 12.4 Å². The van der Waals surface area contributed by atoms with Crippen LogP contribution in [0.4, 0.5) is 0 Å². The fourth-order valence-corrected chi connectivity index (χ4v) is 5.33. The molecule has 2 aliphatic rings. The molecule has 1 aromatic rings. The molecule has 6 unspecified atom stereocenters. The van der Waals surface area contributed by atoms with Crippen LogP contribution in [0, 0.1) is 29.1 Å². The fourth-order valence-electron chi connectivity index (χ4n) is 5.33. The van der Waals surface area contributed by atoms with Gasteiger partial charge in [-0.3, -0.25) is 0 Å². The SMILES string of the molecule is CC(C)C1CCC2(C)CCC(O)C(C=O)C2C1OC(=O)C=Cc1ccccc1. The third kappa shape index (κ3) is 4.22. The number of aldehydes is 1. The Hall–Kier alpha value is -1.94. The summed E-state index contributed by atoms with van der Waals surface area (Å²) in [5.41, 5.74) is 0.858. The fraction of sp³-hybridized carbons (Fsp3) is 0.583. The molecule has 6 atom stereocenters. The van der Waals surface area contributed by atoms with Crippen LogP contribution >= 0.6 is 0 Å². The van der Waals surface area contributed by atoms with Crippen molar-refractivity contribution in [2.24, 2.45) is 29.1 Å². The van der Waals surface area contributed by atoms with Crippen LogP contribution in [0.1, 0.15) is 52.0 Å². The molecule has 152 valence electrons. The molecule has 2 fully saturated rings. The van der Waals surface area contributed by atoms with Crippen LogP contribution in [-0.4, -0.2) is 29.6 Å². The number of aliphatic hydroxyl groups excluding tert-OH is 1. The molecule has 0 amide bonds. The van der Waals surface area contributed by atoms with E-state index in [4.69, 9.17) is 4.74 Å². The van der Waals surface area contributed by atoms with Gasteiger partial charge in [-0.15, -0.1) is 0 Å². The Kier molecular flexibility index (Phi) is 6.39. The molecule has 1 N–H and O–H groups in total. The molecule has 0 radical (unpaired) electrons. The molecule has 4 heteroatoms. The Balaban J connectivity index is 1.85. The van der Waals surface area contributed by atoms with Crippen molar-refractivity contribution in [3.63, 3.8) is 0 Å². The summed E-state index contributed by atoms with van der Waals surface area (Å²) in [6.07, 6.45) is 6.59. The standard InChI is InChI=1S/C24H32O4/c1-16(2)18-11-13-24(3)14-12-20(26)19(15-25)22(24)23(18)28-21(27)10-9-17-7-5-4-6-8-17/h4-10,15-16,18-20,22-23,26H,11-14H2,1-3H3. The van der Waals surface area contributed by atoms with E-state index in [9.17, 15) is 14.7 Å². The number of fused-ring (bicyclic) bond motifs is 1. The Morgan fingerprint density at radius 1 is 1.21 bits per heavy atom. The minimum atomic E-state index is -0.650. The quantitative estimate of drug-likeness (QED) is 0.468. The number of esters is 1. The molecule has 0 saturated heterocycles. The highest BCUT2D eigenvalue weighted by Gasteiger charge is 2.55. The van der Waals surface area contributed by atoms with Gasteiger partial charge in [0.15, 0.2) is 0 Å². The smallest absolute Gasteiger partial charge is 0.331 e. The summed E-state index contributed by atoms with van der Waals surface area (Å²) in [6.45, 7) is 6.48. The first kappa shape index (κ1) is 20.8. The number of ether oxygens (including phenoxy) is 1. The molecule has 3 rings (SSSR count). The number of hydrogen-bond donors (Lipinski definition) is 1. The molecule has 4 nitrogen and oxygen atoms in total. The van der Waals surface area contributed by atoms with Gasteiger partial charge in [0, 0.05) is 17.9 Å². The zero-order valence-corrected chi connectivity index (χ0v) is 17.1. The molecule has 2 saturated carbocycles. The largest absolute Gasteiger partial charge is 0.459 e. The molecule has 0 aliphatic heterocycles. The lowest BCUT2D eigenvalue weighted by atomic mass is 9.52. The van der Waals surface area contributed by atoms with Crippen LogP contribution in [0.15, 0.2) is 36.4 Å². The zero-order valence-electron chi connectivity index (χ0n) is 17.1. The molecule has 0 heterocycles. The van der Waals surface area contributed by atoms with Crippen LogP contribution in [0.25, 0.3) is 6.08 Å². The lowest BCUT2D eigenvalue weighted by Crippen LogP contribution is -2.56. The molecule has 0 spiro atoms. The first-order valence-corrected chi connectivity index (χ1v) is 10.4. The van der Waals surface area contributed by atoms with E-state index in [1.165, 1.54) is 6.08 Å². The maximum atomic E-state index is 12.6. The van der Waals surface area contributed by atoms with E-state index in [0.29, 0.717) is 12.3 Å². The second-order valence-electron chi connectivity index (χ2n) is 9.09. The van der Waals surface area contributed by atoms with Crippen LogP contribution in [0.2, 0.25) is 0 Å². The van der Waals surface area contributed by atoms with E-state index in [0.717, 1.165) is 31.1 Å². The minimum absolute atomic E-state index is 0.0791. The summed E-state index contributed by atoms with van der Waals surface area (Å²) in [5, 5.41) is 10.5. The van der Waals surface area contributed by atoms with Gasteiger partial charge in [-0.1, -0.05) is 51.1 Å². The van der Waals surface area contributed by atoms with E-state index in [1.807, 2.05) is 30.3 Å². The van der Waals surface area contributed by atoms with Gasteiger partial charge in [-0.25, -0.2) is 4.79 Å². The summed E-state index contributed by atoms with van der Waals surface area (Å²) < 4.78 is 6.01. The van der Waals surface area contributed by atoms with E-state index in [-0.39, 0.29) is 29.3 Å². The van der Waals surface area contributed by atoms with E-state index in [1.54, 1.807) is 6.08 Å². The van der Waals surface area contributed by atoms with E-state index in [2.05, 4.69) is 20.8 Å². The molecule has 1 aromatic carbocycles. The summed E-state index contributed by atoms with van der Waals surface area (Å²) in [6, 6.07) is 9.63. The lowest BCUT2D eigenvalue weighted by Gasteiger charge is -2.55. The molecular formula is C24H32O4. The van der Waals surface area contributed by atoms with Crippen LogP contribution in [-0.2, 0) is 14.3 Å². The predicted molar refractivity (Wildman–Crippen MR) is 109 cm³/mol. The third-order valence-corrected chi connectivity index (χ3v) is 6.98. The highest BCUT2D eigenvalue weighted by molar-refractivity contribution is 5.87. The minimum Gasteiger partial charge on any atom is -0.459 e. The van der Waals surface area contributed by atoms with Gasteiger partial charge in [-0.2, -0.15) is 0 Å². The van der Waals surface area contributed by atoms with Crippen molar-refractivity contribution in [1.29, 1.82) is 0 Å². The van der Waals surface area contributed by atoms with Gasteiger partial charge < -0.3 is 14.6 Å². The van der Waals surface area contributed by atoms with Crippen LogP contribution in [0.5, 0.6) is 0 Å². The molecular weight excluding hydrogens is 352 g/mol. The average molecular weight is 385 g/mol. The van der Waals surface area contributed by atoms with Crippen molar-refractivity contribution in [3.8, 4) is 0 Å². The summed E-state index contributed by atoms with van der Waals surface area (Å²) in [5.74, 6) is -0.458. The monoisotopic (exact) mass is 384 g/mol. The Morgan fingerprint density at radius 2 is 1.89 bits per heavy atom. The maximum Gasteiger partial charge on any atom is 0.331 e. The van der Waals surface area contributed by atoms with Gasteiger partial charge in [0.2, 0.25) is 0 Å². The topological polar surface area (TPSA) is 63.6 Å². The molecule has 0 aromatic heterocycles.